The Kier molecular flexibility index (Phi) is 5.34. The Morgan fingerprint density at radius 2 is 1.90 bits per heavy atom. The van der Waals surface area contributed by atoms with Gasteiger partial charge in [-0.3, -0.25) is 9.78 Å². The average molecular weight is 433 g/mol. The maximum absolute atomic E-state index is 13.7. The summed E-state index contributed by atoms with van der Waals surface area (Å²) in [5.74, 6) is -0.546. The monoisotopic (exact) mass is 432 g/mol. The molecule has 0 atom stereocenters. The number of pyridine rings is 1. The fraction of sp³-hybridized carbons (Fsp3) is 0.208. The van der Waals surface area contributed by atoms with Crippen LogP contribution in [-0.4, -0.2) is 29.0 Å². The van der Waals surface area contributed by atoms with Gasteiger partial charge in [0.15, 0.2) is 5.13 Å². The van der Waals surface area contributed by atoms with Crippen molar-refractivity contribution in [1.82, 2.24) is 15.3 Å². The van der Waals surface area contributed by atoms with E-state index in [-0.39, 0.29) is 11.7 Å². The van der Waals surface area contributed by atoms with Gasteiger partial charge in [0.05, 0.1) is 18.4 Å². The van der Waals surface area contributed by atoms with Crippen molar-refractivity contribution in [3.05, 3.63) is 77.3 Å². The first kappa shape index (κ1) is 19.6. The molecule has 1 saturated heterocycles. The van der Waals surface area contributed by atoms with Crippen LogP contribution in [-0.2, 0) is 6.54 Å². The summed E-state index contributed by atoms with van der Waals surface area (Å²) in [6.45, 7) is 2.49. The fourth-order valence-corrected chi connectivity index (χ4v) is 4.90. The number of rotatable bonds is 5. The van der Waals surface area contributed by atoms with Crippen LogP contribution < -0.4 is 10.2 Å². The summed E-state index contributed by atoms with van der Waals surface area (Å²) in [6.07, 6.45) is 5.23. The lowest BCUT2D eigenvalue weighted by Gasteiger charge is -2.12. The van der Waals surface area contributed by atoms with E-state index in [0.717, 1.165) is 40.3 Å². The van der Waals surface area contributed by atoms with Gasteiger partial charge in [-0.1, -0.05) is 30.3 Å². The van der Waals surface area contributed by atoms with Crippen LogP contribution in [0.4, 0.5) is 9.52 Å². The topological polar surface area (TPSA) is 58.1 Å². The molecular weight excluding hydrogens is 411 g/mol. The minimum Gasteiger partial charge on any atom is -0.348 e. The highest BCUT2D eigenvalue weighted by atomic mass is 32.1. The van der Waals surface area contributed by atoms with E-state index in [1.807, 2.05) is 41.8 Å². The Hall–Kier alpha value is -3.32. The van der Waals surface area contributed by atoms with Gasteiger partial charge in [0.2, 0.25) is 0 Å². The molecule has 0 unspecified atom stereocenters. The number of halogens is 1. The van der Waals surface area contributed by atoms with Gasteiger partial charge in [0.25, 0.3) is 5.91 Å². The summed E-state index contributed by atoms with van der Waals surface area (Å²) in [6, 6.07) is 12.8. The first-order valence-corrected chi connectivity index (χ1v) is 11.2. The number of fused-ring (bicyclic) bond motifs is 1. The molecule has 156 valence electrons. The number of nitrogens with zero attached hydrogens (tertiary/aromatic N) is 3. The van der Waals surface area contributed by atoms with Crippen molar-refractivity contribution >= 4 is 33.1 Å². The van der Waals surface area contributed by atoms with Gasteiger partial charge in [-0.05, 0) is 41.3 Å². The summed E-state index contributed by atoms with van der Waals surface area (Å²) in [4.78, 5) is 23.9. The molecule has 1 N–H and O–H groups in total. The zero-order valence-corrected chi connectivity index (χ0v) is 17.7. The molecule has 0 radical (unpaired) electrons. The van der Waals surface area contributed by atoms with E-state index in [0.29, 0.717) is 17.7 Å². The second kappa shape index (κ2) is 8.43. The molecule has 2 aromatic heterocycles. The number of aromatic nitrogens is 2. The molecule has 0 bridgehead atoms. The summed E-state index contributed by atoms with van der Waals surface area (Å²) in [7, 11) is 0. The number of carbonyl (C=O) groups is 1. The molecule has 0 saturated carbocycles. The molecule has 31 heavy (non-hydrogen) atoms. The maximum atomic E-state index is 13.7. The van der Waals surface area contributed by atoms with Crippen molar-refractivity contribution in [3.63, 3.8) is 0 Å². The van der Waals surface area contributed by atoms with Gasteiger partial charge in [-0.15, -0.1) is 11.3 Å². The number of nitrogens with one attached hydrogen (secondary N) is 1. The summed E-state index contributed by atoms with van der Waals surface area (Å²) >= 11 is 1.62. The number of benzene rings is 2. The number of thiazole rings is 1. The Bertz CT molecular complexity index is 1250. The second-order valence-corrected chi connectivity index (χ2v) is 8.43. The van der Waals surface area contributed by atoms with Crippen LogP contribution in [0, 0.1) is 5.82 Å². The van der Waals surface area contributed by atoms with Crippen LogP contribution >= 0.6 is 11.3 Å². The molecule has 5 rings (SSSR count). The van der Waals surface area contributed by atoms with Gasteiger partial charge in [-0.25, -0.2) is 9.37 Å². The van der Waals surface area contributed by atoms with Crippen LogP contribution in [0.25, 0.3) is 21.9 Å². The van der Waals surface area contributed by atoms with E-state index in [1.165, 1.54) is 25.1 Å². The number of amides is 1. The smallest absolute Gasteiger partial charge is 0.252 e. The third-order valence-electron chi connectivity index (χ3n) is 5.53. The normalized spacial score (nSPS) is 13.6. The molecule has 5 nitrogen and oxygen atoms in total. The average Bonchev–Trinajstić information content (AvgIpc) is 3.48. The van der Waals surface area contributed by atoms with E-state index in [1.54, 1.807) is 17.5 Å². The standard InChI is InChI=1S/C24H21FN4OS/c25-17-11-16(12-26-13-17)19-5-3-7-21-20(19)6-4-8-22(21)23(30)27-14-18-15-31-24(28-18)29-9-1-2-10-29/h3-8,11-13,15H,1-2,9-10,14H2,(H,27,30). The first-order chi connectivity index (χ1) is 15.2. The van der Waals surface area contributed by atoms with Crippen molar-refractivity contribution in [2.24, 2.45) is 0 Å². The lowest BCUT2D eigenvalue weighted by atomic mass is 9.96. The Labute approximate surface area is 183 Å². The van der Waals surface area contributed by atoms with E-state index in [2.05, 4.69) is 20.2 Å². The van der Waals surface area contributed by atoms with Crippen LogP contribution in [0.15, 0.2) is 60.2 Å². The van der Waals surface area contributed by atoms with E-state index in [9.17, 15) is 9.18 Å². The highest BCUT2D eigenvalue weighted by Gasteiger charge is 2.17. The third-order valence-corrected chi connectivity index (χ3v) is 6.48. The lowest BCUT2D eigenvalue weighted by Crippen LogP contribution is -2.23. The van der Waals surface area contributed by atoms with Crippen molar-refractivity contribution in [3.8, 4) is 11.1 Å². The molecule has 2 aromatic carbocycles. The van der Waals surface area contributed by atoms with E-state index < -0.39 is 0 Å². The van der Waals surface area contributed by atoms with Crippen molar-refractivity contribution in [2.75, 3.05) is 18.0 Å². The predicted octanol–water partition coefficient (Wildman–Crippen LogP) is 5.03. The van der Waals surface area contributed by atoms with Gasteiger partial charge in [-0.2, -0.15) is 0 Å². The van der Waals surface area contributed by atoms with Crippen molar-refractivity contribution in [1.29, 1.82) is 0 Å². The Morgan fingerprint density at radius 3 is 2.74 bits per heavy atom. The number of hydrogen-bond acceptors (Lipinski definition) is 5. The maximum Gasteiger partial charge on any atom is 0.252 e. The molecule has 0 aliphatic carbocycles. The SMILES string of the molecule is O=C(NCc1csc(N2CCCC2)n1)c1cccc2c(-c3cncc(F)c3)cccc12. The molecular formula is C24H21FN4OS. The quantitative estimate of drug-likeness (QED) is 0.481. The molecule has 0 spiro atoms. The molecule has 3 heterocycles. The van der Waals surface area contributed by atoms with Gasteiger partial charge < -0.3 is 10.2 Å². The van der Waals surface area contributed by atoms with Gasteiger partial charge in [0.1, 0.15) is 5.82 Å². The summed E-state index contributed by atoms with van der Waals surface area (Å²) in [5, 5.41) is 7.73. The van der Waals surface area contributed by atoms with E-state index in [4.69, 9.17) is 0 Å². The molecule has 1 fully saturated rings. The van der Waals surface area contributed by atoms with Crippen LogP contribution in [0.1, 0.15) is 28.9 Å². The van der Waals surface area contributed by atoms with Crippen molar-refractivity contribution < 1.29 is 9.18 Å². The van der Waals surface area contributed by atoms with Crippen LogP contribution in [0.2, 0.25) is 0 Å². The first-order valence-electron chi connectivity index (χ1n) is 10.3. The Morgan fingerprint density at radius 1 is 1.10 bits per heavy atom. The number of anilines is 1. The van der Waals surface area contributed by atoms with Crippen LogP contribution in [0.5, 0.6) is 0 Å². The zero-order valence-electron chi connectivity index (χ0n) is 16.8. The van der Waals surface area contributed by atoms with Gasteiger partial charge in [0, 0.05) is 35.8 Å². The molecule has 1 aliphatic heterocycles. The van der Waals surface area contributed by atoms with Crippen molar-refractivity contribution in [2.45, 2.75) is 19.4 Å². The van der Waals surface area contributed by atoms with E-state index >= 15 is 0 Å². The minimum atomic E-state index is -0.389. The lowest BCUT2D eigenvalue weighted by molar-refractivity contribution is 0.0952. The van der Waals surface area contributed by atoms with Crippen LogP contribution in [0.3, 0.4) is 0 Å². The zero-order chi connectivity index (χ0) is 21.2. The molecule has 4 aromatic rings. The molecule has 1 aliphatic rings. The van der Waals surface area contributed by atoms with Gasteiger partial charge >= 0.3 is 0 Å². The molecule has 1 amide bonds. The molecule has 7 heteroatoms. The summed E-state index contributed by atoms with van der Waals surface area (Å²) in [5.41, 5.74) is 2.97. The highest BCUT2D eigenvalue weighted by Crippen LogP contribution is 2.30. The Balaban J connectivity index is 1.38. The highest BCUT2D eigenvalue weighted by molar-refractivity contribution is 7.13. The minimum absolute atomic E-state index is 0.157. The predicted molar refractivity (Wildman–Crippen MR) is 122 cm³/mol. The number of hydrogen-bond donors (Lipinski definition) is 1. The largest absolute Gasteiger partial charge is 0.348 e. The third kappa shape index (κ3) is 4.01. The fourth-order valence-electron chi connectivity index (χ4n) is 4.02. The number of carbonyl (C=O) groups excluding carboxylic acids is 1. The summed E-state index contributed by atoms with van der Waals surface area (Å²) < 4.78 is 13.7. The second-order valence-electron chi connectivity index (χ2n) is 7.60.